The number of hydroxylamine groups is 1. The molecule has 3 aromatic rings. The second-order valence-electron chi connectivity index (χ2n) is 7.26. The molecule has 170 valence electrons. The van der Waals surface area contributed by atoms with Crippen LogP contribution in [0, 0.1) is 6.92 Å². The van der Waals surface area contributed by atoms with Gasteiger partial charge in [0.2, 0.25) is 5.60 Å². The van der Waals surface area contributed by atoms with E-state index in [1.165, 1.54) is 36.9 Å². The number of carbonyl (C=O) groups excluding carboxylic acids is 1. The maximum atomic E-state index is 14.2. The Labute approximate surface area is 196 Å². The minimum atomic E-state index is -4.82. The van der Waals surface area contributed by atoms with E-state index >= 15 is 0 Å². The first-order valence-electron chi connectivity index (χ1n) is 9.46. The van der Waals surface area contributed by atoms with E-state index in [1.807, 2.05) is 0 Å². The molecule has 0 fully saturated rings. The standard InChI is InChI=1S/C22H15Cl2F3N4O2/c1-12-4-13(2-3-18(12)20(32)30-17-9-28-11-29-10-17)19-8-21(33-31-19,22(25,26)27)14-5-15(23)7-16(24)6-14/h2-11,31H,1H3,(H,30,32). The highest BCUT2D eigenvalue weighted by atomic mass is 35.5. The molecule has 11 heteroatoms. The van der Waals surface area contributed by atoms with Crippen molar-refractivity contribution in [2.45, 2.75) is 18.7 Å². The van der Waals surface area contributed by atoms with Crippen LogP contribution in [0.3, 0.4) is 0 Å². The van der Waals surface area contributed by atoms with Crippen LogP contribution in [-0.2, 0) is 10.4 Å². The first kappa shape index (κ1) is 23.0. The molecule has 0 radical (unpaired) electrons. The van der Waals surface area contributed by atoms with Gasteiger partial charge >= 0.3 is 6.18 Å². The summed E-state index contributed by atoms with van der Waals surface area (Å²) in [6.07, 6.45) is 0.321. The minimum absolute atomic E-state index is 0.0431. The molecule has 0 bridgehead atoms. The van der Waals surface area contributed by atoms with Crippen molar-refractivity contribution in [3.8, 4) is 0 Å². The summed E-state index contributed by atoms with van der Waals surface area (Å²) < 4.78 is 42.5. The summed E-state index contributed by atoms with van der Waals surface area (Å²) in [4.78, 5) is 25.3. The van der Waals surface area contributed by atoms with E-state index in [0.29, 0.717) is 22.4 Å². The lowest BCUT2D eigenvalue weighted by molar-refractivity contribution is -0.269. The zero-order chi connectivity index (χ0) is 23.8. The third-order valence-electron chi connectivity index (χ3n) is 4.98. The van der Waals surface area contributed by atoms with Gasteiger partial charge in [-0.3, -0.25) is 15.1 Å². The fraction of sp³-hybridized carbons (Fsp3) is 0.136. The molecule has 1 aliphatic rings. The van der Waals surface area contributed by atoms with Gasteiger partial charge in [0.05, 0.1) is 23.8 Å². The van der Waals surface area contributed by atoms with E-state index in [4.69, 9.17) is 28.0 Å². The largest absolute Gasteiger partial charge is 0.428 e. The minimum Gasteiger partial charge on any atom is -0.319 e. The molecule has 6 nitrogen and oxygen atoms in total. The molecule has 0 aliphatic carbocycles. The molecule has 0 spiro atoms. The van der Waals surface area contributed by atoms with Crippen molar-refractivity contribution in [2.75, 3.05) is 5.32 Å². The zero-order valence-corrected chi connectivity index (χ0v) is 18.4. The number of alkyl halides is 3. The van der Waals surface area contributed by atoms with Crippen LogP contribution in [0.5, 0.6) is 0 Å². The number of nitrogens with zero attached hydrogens (tertiary/aromatic N) is 2. The van der Waals surface area contributed by atoms with E-state index in [0.717, 1.165) is 18.2 Å². The number of anilines is 1. The van der Waals surface area contributed by atoms with Crippen LogP contribution < -0.4 is 10.8 Å². The summed E-state index contributed by atoms with van der Waals surface area (Å²) in [6, 6.07) is 8.23. The number of rotatable bonds is 4. The van der Waals surface area contributed by atoms with Gasteiger partial charge < -0.3 is 5.32 Å². The normalized spacial score (nSPS) is 17.9. The average Bonchev–Trinajstić information content (AvgIpc) is 3.21. The number of hydrogen-bond acceptors (Lipinski definition) is 5. The fourth-order valence-electron chi connectivity index (χ4n) is 3.40. The van der Waals surface area contributed by atoms with Gasteiger partial charge in [0, 0.05) is 21.2 Å². The highest BCUT2D eigenvalue weighted by Crippen LogP contribution is 2.48. The first-order chi connectivity index (χ1) is 15.6. The van der Waals surface area contributed by atoms with Crippen molar-refractivity contribution in [2.24, 2.45) is 0 Å². The van der Waals surface area contributed by atoms with E-state index in [1.54, 1.807) is 13.0 Å². The van der Waals surface area contributed by atoms with Gasteiger partial charge in [-0.2, -0.15) is 13.2 Å². The van der Waals surface area contributed by atoms with Crippen LogP contribution in [0.1, 0.15) is 27.0 Å². The summed E-state index contributed by atoms with van der Waals surface area (Å²) in [6.45, 7) is 1.67. The quantitative estimate of drug-likeness (QED) is 0.488. The lowest BCUT2D eigenvalue weighted by atomic mass is 9.91. The molecule has 1 aromatic heterocycles. The van der Waals surface area contributed by atoms with Gasteiger partial charge in [0.25, 0.3) is 5.91 Å². The number of aryl methyl sites for hydroxylation is 1. The maximum absolute atomic E-state index is 14.2. The monoisotopic (exact) mass is 494 g/mol. The van der Waals surface area contributed by atoms with Crippen molar-refractivity contribution in [1.82, 2.24) is 15.4 Å². The van der Waals surface area contributed by atoms with E-state index < -0.39 is 17.7 Å². The Morgan fingerprint density at radius 3 is 2.36 bits per heavy atom. The Hall–Kier alpha value is -3.14. The third-order valence-corrected chi connectivity index (χ3v) is 5.42. The summed E-state index contributed by atoms with van der Waals surface area (Å²) in [5.41, 5.74) is 1.06. The summed E-state index contributed by atoms with van der Waals surface area (Å²) in [5, 5.41) is 2.75. The Morgan fingerprint density at radius 2 is 1.76 bits per heavy atom. The second kappa shape index (κ2) is 8.66. The van der Waals surface area contributed by atoms with E-state index in [-0.39, 0.29) is 21.3 Å². The van der Waals surface area contributed by atoms with Crippen molar-refractivity contribution in [3.63, 3.8) is 0 Å². The number of amides is 1. The Kier molecular flexibility index (Phi) is 6.04. The van der Waals surface area contributed by atoms with Crippen LogP contribution in [0.4, 0.5) is 18.9 Å². The lowest BCUT2D eigenvalue weighted by Gasteiger charge is -2.28. The van der Waals surface area contributed by atoms with Gasteiger partial charge in [-0.05, 0) is 54.5 Å². The molecule has 1 unspecified atom stereocenters. The van der Waals surface area contributed by atoms with Crippen molar-refractivity contribution >= 4 is 40.5 Å². The van der Waals surface area contributed by atoms with Crippen LogP contribution in [-0.4, -0.2) is 22.1 Å². The average molecular weight is 495 g/mol. The Balaban J connectivity index is 1.68. The topological polar surface area (TPSA) is 76.1 Å². The molecule has 33 heavy (non-hydrogen) atoms. The number of hydrogen-bond donors (Lipinski definition) is 2. The molecular weight excluding hydrogens is 480 g/mol. The second-order valence-corrected chi connectivity index (χ2v) is 8.14. The highest BCUT2D eigenvalue weighted by molar-refractivity contribution is 6.34. The molecule has 1 aliphatic heterocycles. The summed E-state index contributed by atoms with van der Waals surface area (Å²) in [7, 11) is 0. The molecule has 0 saturated heterocycles. The maximum Gasteiger partial charge on any atom is 0.428 e. The van der Waals surface area contributed by atoms with Crippen LogP contribution in [0.15, 0.2) is 61.2 Å². The number of halogens is 5. The van der Waals surface area contributed by atoms with Gasteiger partial charge in [0.1, 0.15) is 6.33 Å². The van der Waals surface area contributed by atoms with Gasteiger partial charge in [0.15, 0.2) is 0 Å². The van der Waals surface area contributed by atoms with E-state index in [2.05, 4.69) is 20.8 Å². The Bertz CT molecular complexity index is 1230. The first-order valence-corrected chi connectivity index (χ1v) is 10.2. The summed E-state index contributed by atoms with van der Waals surface area (Å²) >= 11 is 11.9. The highest BCUT2D eigenvalue weighted by Gasteiger charge is 2.59. The molecule has 2 N–H and O–H groups in total. The number of carbonyl (C=O) groups is 1. The molecule has 1 amide bonds. The predicted octanol–water partition coefficient (Wildman–Crippen LogP) is 5.68. The Morgan fingerprint density at radius 1 is 1.09 bits per heavy atom. The SMILES string of the molecule is Cc1cc(C2=CC(c3cc(Cl)cc(Cl)c3)(C(F)(F)F)ON2)ccc1C(=O)Nc1cncnc1. The molecular formula is C22H15Cl2F3N4O2. The van der Waals surface area contributed by atoms with Gasteiger partial charge in [-0.15, -0.1) is 0 Å². The van der Waals surface area contributed by atoms with Crippen molar-refractivity contribution < 1.29 is 22.8 Å². The third kappa shape index (κ3) is 4.52. The smallest absolute Gasteiger partial charge is 0.319 e. The molecule has 1 atom stereocenters. The van der Waals surface area contributed by atoms with Crippen LogP contribution in [0.2, 0.25) is 10.0 Å². The fourth-order valence-corrected chi connectivity index (χ4v) is 3.93. The lowest BCUT2D eigenvalue weighted by Crippen LogP contribution is -2.42. The molecule has 2 aromatic carbocycles. The summed E-state index contributed by atoms with van der Waals surface area (Å²) in [5.74, 6) is -0.406. The van der Waals surface area contributed by atoms with Gasteiger partial charge in [-0.25, -0.2) is 9.97 Å². The molecule has 0 saturated carbocycles. The number of benzene rings is 2. The molecule has 4 rings (SSSR count). The van der Waals surface area contributed by atoms with Crippen LogP contribution >= 0.6 is 23.2 Å². The van der Waals surface area contributed by atoms with Crippen molar-refractivity contribution in [3.05, 3.63) is 93.5 Å². The van der Waals surface area contributed by atoms with E-state index in [9.17, 15) is 18.0 Å². The van der Waals surface area contributed by atoms with Crippen molar-refractivity contribution in [1.29, 1.82) is 0 Å². The van der Waals surface area contributed by atoms with Crippen LogP contribution in [0.25, 0.3) is 5.70 Å². The molecule has 2 heterocycles. The van der Waals surface area contributed by atoms with Gasteiger partial charge in [-0.1, -0.05) is 29.3 Å². The predicted molar refractivity (Wildman–Crippen MR) is 118 cm³/mol. The zero-order valence-electron chi connectivity index (χ0n) is 16.9. The number of aromatic nitrogens is 2. The number of nitrogens with one attached hydrogen (secondary N) is 2.